The number of hydrogen-bond acceptors (Lipinski definition) is 3. The SMILES string of the molecule is CC(C)[C@@H](O)CC(O)CCN. The lowest BCUT2D eigenvalue weighted by atomic mass is 10.00. The number of hydrogen-bond donors (Lipinski definition) is 3. The average molecular weight is 161 g/mol. The Balaban J connectivity index is 3.48. The molecule has 0 aromatic heterocycles. The molecule has 0 bridgehead atoms. The maximum Gasteiger partial charge on any atom is 0.0587 e. The molecular formula is C8H19NO2. The topological polar surface area (TPSA) is 66.5 Å². The normalized spacial score (nSPS) is 16.9. The summed E-state index contributed by atoms with van der Waals surface area (Å²) < 4.78 is 0. The van der Waals surface area contributed by atoms with Crippen LogP contribution in [0.5, 0.6) is 0 Å². The van der Waals surface area contributed by atoms with Gasteiger partial charge in [0.05, 0.1) is 12.2 Å². The summed E-state index contributed by atoms with van der Waals surface area (Å²) >= 11 is 0. The largest absolute Gasteiger partial charge is 0.393 e. The summed E-state index contributed by atoms with van der Waals surface area (Å²) in [6, 6.07) is 0. The van der Waals surface area contributed by atoms with Crippen LogP contribution < -0.4 is 5.73 Å². The van der Waals surface area contributed by atoms with Crippen molar-refractivity contribution in [2.45, 2.75) is 38.9 Å². The van der Waals surface area contributed by atoms with Crippen molar-refractivity contribution in [2.75, 3.05) is 6.54 Å². The second-order valence-corrected chi connectivity index (χ2v) is 3.28. The molecule has 0 saturated heterocycles. The standard InChI is InChI=1S/C8H19NO2/c1-6(2)8(11)5-7(10)3-4-9/h6-8,10-11H,3-5,9H2,1-2H3/t7?,8-/m0/s1. The third-order valence-electron chi connectivity index (χ3n) is 1.78. The Kier molecular flexibility index (Phi) is 5.46. The molecule has 0 amide bonds. The summed E-state index contributed by atoms with van der Waals surface area (Å²) in [5.41, 5.74) is 5.24. The van der Waals surface area contributed by atoms with Crippen LogP contribution in [-0.4, -0.2) is 29.0 Å². The van der Waals surface area contributed by atoms with Crippen molar-refractivity contribution < 1.29 is 10.2 Å². The molecule has 0 rings (SSSR count). The zero-order valence-electron chi connectivity index (χ0n) is 7.33. The Labute approximate surface area is 68.2 Å². The molecule has 0 heterocycles. The van der Waals surface area contributed by atoms with E-state index in [1.54, 1.807) is 0 Å². The number of aliphatic hydroxyl groups excluding tert-OH is 2. The van der Waals surface area contributed by atoms with Crippen LogP contribution in [0.2, 0.25) is 0 Å². The van der Waals surface area contributed by atoms with E-state index in [9.17, 15) is 10.2 Å². The van der Waals surface area contributed by atoms with E-state index >= 15 is 0 Å². The minimum atomic E-state index is -0.447. The van der Waals surface area contributed by atoms with E-state index in [1.807, 2.05) is 13.8 Å². The first-order valence-corrected chi connectivity index (χ1v) is 4.14. The highest BCUT2D eigenvalue weighted by atomic mass is 16.3. The summed E-state index contributed by atoms with van der Waals surface area (Å²) in [5.74, 6) is 0.211. The van der Waals surface area contributed by atoms with Crippen LogP contribution >= 0.6 is 0 Å². The van der Waals surface area contributed by atoms with E-state index in [-0.39, 0.29) is 5.92 Å². The van der Waals surface area contributed by atoms with Crippen LogP contribution in [-0.2, 0) is 0 Å². The Morgan fingerprint density at radius 3 is 2.18 bits per heavy atom. The van der Waals surface area contributed by atoms with E-state index in [1.165, 1.54) is 0 Å². The second kappa shape index (κ2) is 5.52. The molecule has 0 radical (unpaired) electrons. The summed E-state index contributed by atoms with van der Waals surface area (Å²) in [6.07, 6.45) is 0.160. The highest BCUT2D eigenvalue weighted by molar-refractivity contribution is 4.66. The van der Waals surface area contributed by atoms with Crippen LogP contribution in [0.25, 0.3) is 0 Å². The molecule has 2 atom stereocenters. The lowest BCUT2D eigenvalue weighted by molar-refractivity contribution is 0.0511. The van der Waals surface area contributed by atoms with Crippen LogP contribution in [0.3, 0.4) is 0 Å². The Hall–Kier alpha value is -0.120. The number of rotatable bonds is 5. The minimum Gasteiger partial charge on any atom is -0.393 e. The predicted octanol–water partition coefficient (Wildman–Crippen LogP) is 0.103. The van der Waals surface area contributed by atoms with Gasteiger partial charge in [0.1, 0.15) is 0 Å². The van der Waals surface area contributed by atoms with Gasteiger partial charge < -0.3 is 15.9 Å². The van der Waals surface area contributed by atoms with Crippen molar-refractivity contribution in [2.24, 2.45) is 11.7 Å². The van der Waals surface area contributed by atoms with Gasteiger partial charge in [-0.2, -0.15) is 0 Å². The van der Waals surface area contributed by atoms with E-state index < -0.39 is 12.2 Å². The van der Waals surface area contributed by atoms with Crippen LogP contribution in [0.4, 0.5) is 0 Å². The number of nitrogens with two attached hydrogens (primary N) is 1. The van der Waals surface area contributed by atoms with Gasteiger partial charge in [-0.3, -0.25) is 0 Å². The zero-order valence-corrected chi connectivity index (χ0v) is 7.33. The summed E-state index contributed by atoms with van der Waals surface area (Å²) in [4.78, 5) is 0. The van der Waals surface area contributed by atoms with Crippen molar-refractivity contribution >= 4 is 0 Å². The van der Waals surface area contributed by atoms with Gasteiger partial charge in [-0.25, -0.2) is 0 Å². The molecule has 0 spiro atoms. The molecule has 0 aliphatic rings. The van der Waals surface area contributed by atoms with Gasteiger partial charge in [-0.15, -0.1) is 0 Å². The van der Waals surface area contributed by atoms with Gasteiger partial charge in [0, 0.05) is 0 Å². The van der Waals surface area contributed by atoms with Gasteiger partial charge in [-0.05, 0) is 25.3 Å². The van der Waals surface area contributed by atoms with E-state index in [0.29, 0.717) is 19.4 Å². The average Bonchev–Trinajstić information content (AvgIpc) is 1.87. The highest BCUT2D eigenvalue weighted by Gasteiger charge is 2.13. The first-order chi connectivity index (χ1) is 5.07. The molecule has 0 aliphatic carbocycles. The van der Waals surface area contributed by atoms with Crippen LogP contribution in [0.1, 0.15) is 26.7 Å². The quantitative estimate of drug-likeness (QED) is 0.536. The molecule has 0 saturated carbocycles. The van der Waals surface area contributed by atoms with Crippen LogP contribution in [0, 0.1) is 5.92 Å². The highest BCUT2D eigenvalue weighted by Crippen LogP contribution is 2.09. The van der Waals surface area contributed by atoms with E-state index in [0.717, 1.165) is 0 Å². The van der Waals surface area contributed by atoms with Crippen molar-refractivity contribution in [3.05, 3.63) is 0 Å². The van der Waals surface area contributed by atoms with E-state index in [2.05, 4.69) is 0 Å². The van der Waals surface area contributed by atoms with Crippen LogP contribution in [0.15, 0.2) is 0 Å². The number of aliphatic hydroxyl groups is 2. The third kappa shape index (κ3) is 5.18. The molecule has 11 heavy (non-hydrogen) atoms. The van der Waals surface area contributed by atoms with E-state index in [4.69, 9.17) is 5.73 Å². The lowest BCUT2D eigenvalue weighted by Crippen LogP contribution is -2.24. The molecular weight excluding hydrogens is 142 g/mol. The van der Waals surface area contributed by atoms with Gasteiger partial charge in [0.25, 0.3) is 0 Å². The Morgan fingerprint density at radius 2 is 1.82 bits per heavy atom. The van der Waals surface area contributed by atoms with Crippen molar-refractivity contribution in [1.82, 2.24) is 0 Å². The monoisotopic (exact) mass is 161 g/mol. The molecule has 3 nitrogen and oxygen atoms in total. The fourth-order valence-corrected chi connectivity index (χ4v) is 0.861. The maximum absolute atomic E-state index is 9.32. The first-order valence-electron chi connectivity index (χ1n) is 4.14. The van der Waals surface area contributed by atoms with Gasteiger partial charge in [-0.1, -0.05) is 13.8 Å². The summed E-state index contributed by atoms with van der Waals surface area (Å²) in [6.45, 7) is 4.34. The second-order valence-electron chi connectivity index (χ2n) is 3.28. The predicted molar refractivity (Wildman–Crippen MR) is 45.1 cm³/mol. The Morgan fingerprint density at radius 1 is 1.27 bits per heavy atom. The lowest BCUT2D eigenvalue weighted by Gasteiger charge is -2.17. The van der Waals surface area contributed by atoms with Crippen molar-refractivity contribution in [3.63, 3.8) is 0 Å². The van der Waals surface area contributed by atoms with Gasteiger partial charge >= 0.3 is 0 Å². The molecule has 1 unspecified atom stereocenters. The molecule has 4 N–H and O–H groups in total. The van der Waals surface area contributed by atoms with Gasteiger partial charge in [0.2, 0.25) is 0 Å². The molecule has 0 aliphatic heterocycles. The maximum atomic E-state index is 9.32. The zero-order chi connectivity index (χ0) is 8.85. The third-order valence-corrected chi connectivity index (χ3v) is 1.78. The molecule has 0 aromatic carbocycles. The van der Waals surface area contributed by atoms with Crippen molar-refractivity contribution in [3.8, 4) is 0 Å². The smallest absolute Gasteiger partial charge is 0.0587 e. The molecule has 0 fully saturated rings. The molecule has 3 heteroatoms. The molecule has 68 valence electrons. The fourth-order valence-electron chi connectivity index (χ4n) is 0.861. The minimum absolute atomic E-state index is 0.211. The Bertz CT molecular complexity index is 96.1. The molecule has 0 aromatic rings. The fraction of sp³-hybridized carbons (Fsp3) is 1.00. The summed E-state index contributed by atoms with van der Waals surface area (Å²) in [5, 5.41) is 18.6. The van der Waals surface area contributed by atoms with Crippen molar-refractivity contribution in [1.29, 1.82) is 0 Å². The first kappa shape index (κ1) is 10.9. The summed E-state index contributed by atoms with van der Waals surface area (Å²) in [7, 11) is 0. The van der Waals surface area contributed by atoms with Gasteiger partial charge in [0.15, 0.2) is 0 Å².